The van der Waals surface area contributed by atoms with Gasteiger partial charge >= 0.3 is 0 Å². The number of thioether (sulfide) groups is 1. The van der Waals surface area contributed by atoms with Crippen molar-refractivity contribution < 1.29 is 4.79 Å². The van der Waals surface area contributed by atoms with Crippen molar-refractivity contribution in [2.45, 2.75) is 6.54 Å². The van der Waals surface area contributed by atoms with E-state index in [1.807, 2.05) is 24.3 Å². The van der Waals surface area contributed by atoms with E-state index in [4.69, 9.17) is 17.3 Å². The van der Waals surface area contributed by atoms with Crippen LogP contribution < -0.4 is 5.73 Å². The Kier molecular flexibility index (Phi) is 6.40. The Morgan fingerprint density at radius 2 is 2.29 bits per heavy atom. The number of amides is 1. The molecule has 0 radical (unpaired) electrons. The molecule has 0 heterocycles. The van der Waals surface area contributed by atoms with Crippen LogP contribution in [-0.4, -0.2) is 35.9 Å². The molecule has 0 unspecified atom stereocenters. The average molecular weight is 273 g/mol. The molecule has 1 rings (SSSR count). The van der Waals surface area contributed by atoms with Crippen molar-refractivity contribution in [3.05, 3.63) is 34.9 Å². The molecule has 94 valence electrons. The third kappa shape index (κ3) is 5.44. The summed E-state index contributed by atoms with van der Waals surface area (Å²) in [7, 11) is 1.80. The predicted octanol–water partition coefficient (Wildman–Crippen LogP) is 1.99. The lowest BCUT2D eigenvalue weighted by Gasteiger charge is -2.17. The second kappa shape index (κ2) is 7.58. The monoisotopic (exact) mass is 272 g/mol. The molecule has 1 aromatic carbocycles. The summed E-state index contributed by atoms with van der Waals surface area (Å²) in [6.45, 7) is 1.19. The van der Waals surface area contributed by atoms with E-state index in [9.17, 15) is 4.79 Å². The predicted molar refractivity (Wildman–Crippen MR) is 74.3 cm³/mol. The molecule has 0 fully saturated rings. The molecular formula is C12H17ClN2OS. The van der Waals surface area contributed by atoms with Crippen LogP contribution in [0.4, 0.5) is 0 Å². The van der Waals surface area contributed by atoms with Crippen molar-refractivity contribution in [3.8, 4) is 0 Å². The van der Waals surface area contributed by atoms with E-state index in [0.717, 1.165) is 11.3 Å². The molecule has 0 aliphatic rings. The molecule has 0 bridgehead atoms. The van der Waals surface area contributed by atoms with E-state index in [-0.39, 0.29) is 5.91 Å². The molecule has 0 aliphatic heterocycles. The molecule has 5 heteroatoms. The van der Waals surface area contributed by atoms with Crippen LogP contribution >= 0.6 is 23.4 Å². The smallest absolute Gasteiger partial charge is 0.232 e. The largest absolute Gasteiger partial charge is 0.341 e. The standard InChI is InChI=1S/C12H17ClN2OS/c1-15(12(16)9-17-6-5-14)8-10-3-2-4-11(13)7-10/h2-4,7H,5-6,8-9,14H2,1H3. The molecule has 0 saturated carbocycles. The minimum atomic E-state index is 0.114. The van der Waals surface area contributed by atoms with Crippen LogP contribution in [0.15, 0.2) is 24.3 Å². The summed E-state index contributed by atoms with van der Waals surface area (Å²) in [6.07, 6.45) is 0. The van der Waals surface area contributed by atoms with Gasteiger partial charge in [-0.15, -0.1) is 0 Å². The van der Waals surface area contributed by atoms with Crippen molar-refractivity contribution in [2.75, 3.05) is 25.1 Å². The highest BCUT2D eigenvalue weighted by Gasteiger charge is 2.08. The number of nitrogens with zero attached hydrogens (tertiary/aromatic N) is 1. The van der Waals surface area contributed by atoms with Gasteiger partial charge in [0.05, 0.1) is 5.75 Å². The normalized spacial score (nSPS) is 10.3. The van der Waals surface area contributed by atoms with E-state index in [2.05, 4.69) is 0 Å². The summed E-state index contributed by atoms with van der Waals surface area (Å²) in [4.78, 5) is 13.4. The van der Waals surface area contributed by atoms with E-state index >= 15 is 0 Å². The van der Waals surface area contributed by atoms with Gasteiger partial charge in [0, 0.05) is 30.9 Å². The molecule has 3 nitrogen and oxygen atoms in total. The quantitative estimate of drug-likeness (QED) is 0.806. The Balaban J connectivity index is 2.43. The van der Waals surface area contributed by atoms with Gasteiger partial charge in [-0.3, -0.25) is 4.79 Å². The van der Waals surface area contributed by atoms with E-state index < -0.39 is 0 Å². The fourth-order valence-corrected chi connectivity index (χ4v) is 2.27. The maximum atomic E-state index is 11.7. The highest BCUT2D eigenvalue weighted by Crippen LogP contribution is 2.12. The van der Waals surface area contributed by atoms with Gasteiger partial charge in [0.1, 0.15) is 0 Å². The van der Waals surface area contributed by atoms with Crippen LogP contribution in [0.2, 0.25) is 5.02 Å². The molecule has 0 spiro atoms. The zero-order valence-corrected chi connectivity index (χ0v) is 11.4. The molecule has 0 saturated heterocycles. The fourth-order valence-electron chi connectivity index (χ4n) is 1.35. The van der Waals surface area contributed by atoms with Gasteiger partial charge in [0.2, 0.25) is 5.91 Å². The molecule has 0 aliphatic carbocycles. The van der Waals surface area contributed by atoms with Gasteiger partial charge in [-0.05, 0) is 17.7 Å². The van der Waals surface area contributed by atoms with Gasteiger partial charge < -0.3 is 10.6 Å². The molecule has 1 amide bonds. The summed E-state index contributed by atoms with van der Waals surface area (Å²) >= 11 is 7.45. The molecule has 0 atom stereocenters. The van der Waals surface area contributed by atoms with Gasteiger partial charge in [-0.1, -0.05) is 23.7 Å². The summed E-state index contributed by atoms with van der Waals surface area (Å²) in [5, 5.41) is 0.695. The lowest BCUT2D eigenvalue weighted by molar-refractivity contribution is -0.127. The molecule has 17 heavy (non-hydrogen) atoms. The van der Waals surface area contributed by atoms with Crippen molar-refractivity contribution in [2.24, 2.45) is 5.73 Å². The SMILES string of the molecule is CN(Cc1cccc(Cl)c1)C(=O)CSCCN. The van der Waals surface area contributed by atoms with Gasteiger partial charge in [-0.25, -0.2) is 0 Å². The molecule has 0 aromatic heterocycles. The number of nitrogens with two attached hydrogens (primary N) is 1. The Hall–Kier alpha value is -0.710. The van der Waals surface area contributed by atoms with E-state index in [0.29, 0.717) is 23.9 Å². The number of halogens is 1. The fraction of sp³-hybridized carbons (Fsp3) is 0.417. The van der Waals surface area contributed by atoms with E-state index in [1.54, 1.807) is 23.7 Å². The molecule has 1 aromatic rings. The first-order chi connectivity index (χ1) is 8.13. The third-order valence-electron chi connectivity index (χ3n) is 2.22. The maximum absolute atomic E-state index is 11.7. The minimum Gasteiger partial charge on any atom is -0.341 e. The van der Waals surface area contributed by atoms with Crippen LogP contribution in [-0.2, 0) is 11.3 Å². The highest BCUT2D eigenvalue weighted by atomic mass is 35.5. The summed E-state index contributed by atoms with van der Waals surface area (Å²) in [6, 6.07) is 7.55. The van der Waals surface area contributed by atoms with Crippen molar-refractivity contribution in [3.63, 3.8) is 0 Å². The zero-order valence-electron chi connectivity index (χ0n) is 9.86. The number of rotatable bonds is 6. The summed E-state index contributed by atoms with van der Waals surface area (Å²) in [5.41, 5.74) is 6.41. The Morgan fingerprint density at radius 3 is 2.94 bits per heavy atom. The topological polar surface area (TPSA) is 46.3 Å². The third-order valence-corrected chi connectivity index (χ3v) is 3.43. The van der Waals surface area contributed by atoms with Gasteiger partial charge in [-0.2, -0.15) is 11.8 Å². The van der Waals surface area contributed by atoms with Crippen LogP contribution in [0, 0.1) is 0 Å². The first-order valence-corrected chi connectivity index (χ1v) is 6.93. The van der Waals surface area contributed by atoms with Crippen LogP contribution in [0.3, 0.4) is 0 Å². The second-order valence-corrected chi connectivity index (χ2v) is 5.26. The van der Waals surface area contributed by atoms with Crippen LogP contribution in [0.5, 0.6) is 0 Å². The average Bonchev–Trinajstić information content (AvgIpc) is 2.29. The first-order valence-electron chi connectivity index (χ1n) is 5.39. The molecule has 2 N–H and O–H groups in total. The number of carbonyl (C=O) groups excluding carboxylic acids is 1. The van der Waals surface area contributed by atoms with Crippen molar-refractivity contribution in [1.82, 2.24) is 4.90 Å². The number of benzene rings is 1. The lowest BCUT2D eigenvalue weighted by Crippen LogP contribution is -2.28. The van der Waals surface area contributed by atoms with Crippen molar-refractivity contribution in [1.29, 1.82) is 0 Å². The Labute approximate surface area is 111 Å². The summed E-state index contributed by atoms with van der Waals surface area (Å²) in [5.74, 6) is 1.41. The van der Waals surface area contributed by atoms with Crippen LogP contribution in [0.25, 0.3) is 0 Å². The lowest BCUT2D eigenvalue weighted by atomic mass is 10.2. The zero-order chi connectivity index (χ0) is 12.7. The van der Waals surface area contributed by atoms with Crippen molar-refractivity contribution >= 4 is 29.3 Å². The van der Waals surface area contributed by atoms with E-state index in [1.165, 1.54) is 0 Å². The number of hydrogen-bond donors (Lipinski definition) is 1. The van der Waals surface area contributed by atoms with Gasteiger partial charge in [0.25, 0.3) is 0 Å². The number of hydrogen-bond acceptors (Lipinski definition) is 3. The first kappa shape index (κ1) is 14.4. The maximum Gasteiger partial charge on any atom is 0.232 e. The molecular weight excluding hydrogens is 256 g/mol. The Morgan fingerprint density at radius 1 is 1.53 bits per heavy atom. The minimum absolute atomic E-state index is 0.114. The summed E-state index contributed by atoms with van der Waals surface area (Å²) < 4.78 is 0. The van der Waals surface area contributed by atoms with Crippen LogP contribution in [0.1, 0.15) is 5.56 Å². The van der Waals surface area contributed by atoms with Gasteiger partial charge in [0.15, 0.2) is 0 Å². The Bertz CT molecular complexity index is 373. The number of carbonyl (C=O) groups is 1. The second-order valence-electron chi connectivity index (χ2n) is 3.72. The highest BCUT2D eigenvalue weighted by molar-refractivity contribution is 7.99.